The Hall–Kier alpha value is -5.44. The summed E-state index contributed by atoms with van der Waals surface area (Å²) in [6, 6.07) is 6.58. The normalized spacial score (nSPS) is 17.8. The number of hydrogen-bond donors (Lipinski definition) is 3. The molecule has 11 nitrogen and oxygen atoms in total. The maximum atomic E-state index is 16.1. The second-order valence-corrected chi connectivity index (χ2v) is 15.0. The number of amides is 2. The molecule has 3 aromatic heterocycles. The second-order valence-electron chi connectivity index (χ2n) is 14.6. The minimum atomic E-state index is -3.68. The predicted molar refractivity (Wildman–Crippen MR) is 196 cm³/mol. The van der Waals surface area contributed by atoms with Crippen molar-refractivity contribution >= 4 is 40.1 Å². The van der Waals surface area contributed by atoms with Crippen molar-refractivity contribution in [3.8, 4) is 23.0 Å². The monoisotopic (exact) mass is 813 g/mol. The topological polar surface area (TPSA) is 150 Å². The van der Waals surface area contributed by atoms with Gasteiger partial charge in [-0.15, -0.1) is 0 Å². The molecule has 0 spiro atoms. The first kappa shape index (κ1) is 39.8. The Bertz CT molecular complexity index is 2500. The van der Waals surface area contributed by atoms with Crippen molar-refractivity contribution in [3.63, 3.8) is 0 Å². The van der Waals surface area contributed by atoms with Gasteiger partial charge in [-0.05, 0) is 74.4 Å². The van der Waals surface area contributed by atoms with Gasteiger partial charge in [0.05, 0.1) is 21.6 Å². The van der Waals surface area contributed by atoms with Crippen molar-refractivity contribution in [2.45, 2.75) is 62.5 Å². The maximum Gasteiger partial charge on any atom is 0.293 e. The number of rotatable bonds is 11. The van der Waals surface area contributed by atoms with Crippen LogP contribution in [0, 0.1) is 29.4 Å². The molecule has 0 bridgehead atoms. The molecule has 2 aromatic carbocycles. The average molecular weight is 814 g/mol. The lowest BCUT2D eigenvalue weighted by molar-refractivity contribution is -0.122. The van der Waals surface area contributed by atoms with Crippen LogP contribution in [0.15, 0.2) is 42.5 Å². The van der Waals surface area contributed by atoms with E-state index in [1.54, 1.807) is 13.1 Å². The SMILES string of the molecule is COCC(=O)Nc1nn(C)c2c(-c3ccc(C#CC(C)(C)O)nc3[C@@H](Cc3cc(F)cc(F)c3)C(C(N)=O)n3nc(C(F)F)c4c3C(F)(F)[C@@H]3C[C@H]43)ccc(Cl)c12. The predicted octanol–water partition coefficient (Wildman–Crippen LogP) is 6.67. The lowest BCUT2D eigenvalue weighted by Gasteiger charge is -2.29. The molecule has 4 N–H and O–H groups in total. The third kappa shape index (κ3) is 7.33. The number of alkyl halides is 4. The summed E-state index contributed by atoms with van der Waals surface area (Å²) in [5, 5.41) is 21.8. The molecule has 3 heterocycles. The van der Waals surface area contributed by atoms with Crippen LogP contribution in [-0.4, -0.2) is 60.8 Å². The van der Waals surface area contributed by atoms with Crippen molar-refractivity contribution in [3.05, 3.63) is 93.0 Å². The number of fused-ring (bicyclic) bond motifs is 4. The summed E-state index contributed by atoms with van der Waals surface area (Å²) in [6.07, 6.45) is -3.86. The highest BCUT2D eigenvalue weighted by Gasteiger charge is 2.67. The smallest absolute Gasteiger partial charge is 0.293 e. The molecule has 7 rings (SSSR count). The highest BCUT2D eigenvalue weighted by molar-refractivity contribution is 6.37. The lowest BCUT2D eigenvalue weighted by Crippen LogP contribution is -2.37. The average Bonchev–Trinajstić information content (AvgIpc) is 3.64. The van der Waals surface area contributed by atoms with Crippen LogP contribution in [-0.2, 0) is 33.7 Å². The van der Waals surface area contributed by atoms with Crippen molar-refractivity contribution in [2.24, 2.45) is 18.7 Å². The molecule has 2 aliphatic carbocycles. The number of carbonyl (C=O) groups is 2. The molecular weight excluding hydrogens is 780 g/mol. The number of aromatic nitrogens is 5. The third-order valence-corrected chi connectivity index (χ3v) is 10.3. The van der Waals surface area contributed by atoms with E-state index in [4.69, 9.17) is 27.1 Å². The molecule has 0 radical (unpaired) electrons. The number of pyridine rings is 1. The number of hydrogen-bond acceptors (Lipinski definition) is 7. The first-order valence-corrected chi connectivity index (χ1v) is 17.9. The van der Waals surface area contributed by atoms with Gasteiger partial charge in [0, 0.05) is 48.8 Å². The molecule has 1 fully saturated rings. The van der Waals surface area contributed by atoms with E-state index in [0.717, 1.165) is 12.1 Å². The zero-order valence-corrected chi connectivity index (χ0v) is 31.4. The van der Waals surface area contributed by atoms with Crippen LogP contribution in [0.1, 0.15) is 78.5 Å². The number of primary amides is 1. The summed E-state index contributed by atoms with van der Waals surface area (Å²) >= 11 is 6.67. The van der Waals surface area contributed by atoms with Crippen LogP contribution in [0.4, 0.5) is 32.2 Å². The van der Waals surface area contributed by atoms with Crippen molar-refractivity contribution in [2.75, 3.05) is 19.0 Å². The summed E-state index contributed by atoms with van der Waals surface area (Å²) in [7, 11) is 2.88. The number of ether oxygens (including phenoxy) is 1. The third-order valence-electron chi connectivity index (χ3n) is 9.97. The largest absolute Gasteiger partial charge is 0.378 e. The number of anilines is 1. The van der Waals surface area contributed by atoms with Crippen molar-refractivity contribution < 1.29 is 45.8 Å². The van der Waals surface area contributed by atoms with Gasteiger partial charge < -0.3 is 20.9 Å². The van der Waals surface area contributed by atoms with Crippen molar-refractivity contribution in [1.29, 1.82) is 0 Å². The van der Waals surface area contributed by atoms with Crippen LogP contribution in [0.2, 0.25) is 5.02 Å². The van der Waals surface area contributed by atoms with E-state index < -0.39 is 83.0 Å². The first-order valence-electron chi connectivity index (χ1n) is 17.5. The van der Waals surface area contributed by atoms with E-state index in [-0.39, 0.29) is 57.3 Å². The zero-order valence-electron chi connectivity index (χ0n) is 30.7. The van der Waals surface area contributed by atoms with Crippen LogP contribution in [0.25, 0.3) is 22.0 Å². The highest BCUT2D eigenvalue weighted by atomic mass is 35.5. The Labute approximate surface area is 326 Å². The van der Waals surface area contributed by atoms with E-state index in [1.807, 2.05) is 0 Å². The number of halogens is 7. The lowest BCUT2D eigenvalue weighted by atomic mass is 9.84. The van der Waals surface area contributed by atoms with Gasteiger partial charge in [0.2, 0.25) is 5.91 Å². The molecule has 57 heavy (non-hydrogen) atoms. The Kier molecular flexibility index (Phi) is 10.1. The number of aliphatic hydroxyl groups is 1. The van der Waals surface area contributed by atoms with Crippen LogP contribution in [0.3, 0.4) is 0 Å². The van der Waals surface area contributed by atoms with Gasteiger partial charge in [-0.25, -0.2) is 27.2 Å². The van der Waals surface area contributed by atoms with E-state index in [0.29, 0.717) is 21.8 Å². The summed E-state index contributed by atoms with van der Waals surface area (Å²) in [5.41, 5.74) is 2.98. The minimum absolute atomic E-state index is 0.00258. The summed E-state index contributed by atoms with van der Waals surface area (Å²) in [5.74, 6) is -5.85. The van der Waals surface area contributed by atoms with Gasteiger partial charge in [0.1, 0.15) is 47.0 Å². The molecule has 0 aliphatic heterocycles. The van der Waals surface area contributed by atoms with E-state index in [9.17, 15) is 32.3 Å². The molecule has 0 saturated heterocycles. The second kappa shape index (κ2) is 14.5. The maximum absolute atomic E-state index is 16.1. The molecule has 2 aliphatic rings. The van der Waals surface area contributed by atoms with Gasteiger partial charge in [-0.2, -0.15) is 19.0 Å². The zero-order chi connectivity index (χ0) is 41.3. The highest BCUT2D eigenvalue weighted by Crippen LogP contribution is 2.68. The molecule has 18 heteroatoms. The molecule has 4 atom stereocenters. The Morgan fingerprint density at radius 2 is 1.79 bits per heavy atom. The van der Waals surface area contributed by atoms with Crippen LogP contribution < -0.4 is 11.1 Å². The van der Waals surface area contributed by atoms with Gasteiger partial charge in [0.15, 0.2) is 5.82 Å². The number of nitrogens with zero attached hydrogens (tertiary/aromatic N) is 5. The van der Waals surface area contributed by atoms with Gasteiger partial charge >= 0.3 is 0 Å². The summed E-state index contributed by atoms with van der Waals surface area (Å²) in [4.78, 5) is 31.1. The van der Waals surface area contributed by atoms with E-state index in [1.165, 1.54) is 43.8 Å². The number of nitrogens with two attached hydrogens (primary N) is 1. The molecule has 1 saturated carbocycles. The molecule has 298 valence electrons. The van der Waals surface area contributed by atoms with E-state index >= 15 is 8.78 Å². The number of nitrogens with one attached hydrogen (secondary N) is 1. The van der Waals surface area contributed by atoms with Crippen molar-refractivity contribution in [1.82, 2.24) is 24.5 Å². The van der Waals surface area contributed by atoms with Crippen LogP contribution in [0.5, 0.6) is 0 Å². The Morgan fingerprint density at radius 3 is 2.42 bits per heavy atom. The number of methoxy groups -OCH3 is 1. The van der Waals surface area contributed by atoms with Crippen LogP contribution >= 0.6 is 11.6 Å². The van der Waals surface area contributed by atoms with E-state index in [2.05, 4.69) is 27.4 Å². The Balaban J connectivity index is 1.54. The standard InChI is InChI=1S/C39H34ClF6N7O4/c1-38(2,56)10-9-20-5-6-21(22-7-8-26(40)29-32(22)52(3)51-37(29)49-27(54)16-57-4)30(48-20)24(13-17-11-18(41)14-19(42)12-17)33(36(47)55)53-34-28(31(50-53)35(43)44)23-15-25(23)39(34,45)46/h5-8,11-12,14,23-25,33,35,56H,13,15-16H2,1-4H3,(H2,47,55)(H,49,51,54)/t23-,24+,25+,33?/m0/s1. The number of carbonyl (C=O) groups excluding carboxylic acids is 2. The molecule has 5 aromatic rings. The number of benzene rings is 2. The fourth-order valence-corrected chi connectivity index (χ4v) is 7.94. The molecule has 1 unspecified atom stereocenters. The minimum Gasteiger partial charge on any atom is -0.378 e. The number of aryl methyl sites for hydroxylation is 1. The summed E-state index contributed by atoms with van der Waals surface area (Å²) < 4.78 is 97.6. The fourth-order valence-electron chi connectivity index (χ4n) is 7.70. The summed E-state index contributed by atoms with van der Waals surface area (Å²) in [6.45, 7) is 2.52. The van der Waals surface area contributed by atoms with Gasteiger partial charge in [0.25, 0.3) is 18.3 Å². The van der Waals surface area contributed by atoms with Gasteiger partial charge in [-0.3, -0.25) is 14.3 Å². The fraction of sp³-hybridized carbons (Fsp3) is 0.359. The molecular formula is C39H34ClF6N7O4. The molecule has 2 amide bonds. The Morgan fingerprint density at radius 1 is 1.11 bits per heavy atom. The first-order chi connectivity index (χ1) is 26.8. The van der Waals surface area contributed by atoms with Gasteiger partial charge in [-0.1, -0.05) is 23.6 Å². The quantitative estimate of drug-likeness (QED) is 0.0997.